The minimum Gasteiger partial charge on any atom is -0.382 e. The topological polar surface area (TPSA) is 66.4 Å². The summed E-state index contributed by atoms with van der Waals surface area (Å²) in [4.78, 5) is 22.7. The fraction of sp³-hybridized carbons (Fsp3) is 0.833. The van der Waals surface area contributed by atoms with E-state index in [-0.39, 0.29) is 24.2 Å². The Morgan fingerprint density at radius 2 is 1.69 bits per heavy atom. The van der Waals surface area contributed by atoms with Gasteiger partial charge in [-0.05, 0) is 13.8 Å². The van der Waals surface area contributed by atoms with Gasteiger partial charge >= 0.3 is 0 Å². The van der Waals surface area contributed by atoms with E-state index < -0.39 is 11.0 Å². The lowest BCUT2D eigenvalue weighted by atomic mass is 9.73. The van der Waals surface area contributed by atoms with Gasteiger partial charge in [-0.25, -0.2) is 0 Å². The van der Waals surface area contributed by atoms with E-state index >= 15 is 0 Å². The molecule has 94 valence electrons. The maximum atomic E-state index is 11.4. The van der Waals surface area contributed by atoms with Crippen molar-refractivity contribution < 1.29 is 14.7 Å². The monoisotopic (exact) mass is 229 g/mol. The molecule has 0 aromatic heterocycles. The molecule has 4 nitrogen and oxygen atoms in total. The van der Waals surface area contributed by atoms with Gasteiger partial charge in [0.1, 0.15) is 5.60 Å². The molecule has 0 aliphatic carbocycles. The number of ketones is 1. The minimum atomic E-state index is -1.43. The molecule has 0 bridgehead atoms. The maximum Gasteiger partial charge on any atom is 0.222 e. The molecule has 0 aliphatic heterocycles. The molecule has 0 saturated heterocycles. The van der Waals surface area contributed by atoms with Crippen LogP contribution in [0.3, 0.4) is 0 Å². The molecule has 1 atom stereocenters. The van der Waals surface area contributed by atoms with Crippen LogP contribution in [-0.4, -0.2) is 28.9 Å². The zero-order chi connectivity index (χ0) is 13.1. The number of amides is 1. The number of carbonyl (C=O) groups excluding carboxylic acids is 2. The number of Topliss-reactive ketones (excluding diaryl/α,β-unsaturated/α-hetero) is 1. The van der Waals surface area contributed by atoms with Gasteiger partial charge in [0.15, 0.2) is 5.78 Å². The van der Waals surface area contributed by atoms with Crippen molar-refractivity contribution in [3.05, 3.63) is 0 Å². The van der Waals surface area contributed by atoms with Gasteiger partial charge < -0.3 is 10.4 Å². The van der Waals surface area contributed by atoms with E-state index in [1.165, 1.54) is 13.8 Å². The number of hydrogen-bond acceptors (Lipinski definition) is 3. The van der Waals surface area contributed by atoms with Crippen LogP contribution in [0.15, 0.2) is 0 Å². The molecule has 0 heterocycles. The third kappa shape index (κ3) is 3.30. The van der Waals surface area contributed by atoms with Crippen LogP contribution in [-0.2, 0) is 9.59 Å². The third-order valence-electron chi connectivity index (χ3n) is 3.23. The molecule has 0 aliphatic rings. The van der Waals surface area contributed by atoms with Crippen molar-refractivity contribution in [3.8, 4) is 0 Å². The zero-order valence-corrected chi connectivity index (χ0v) is 11.0. The summed E-state index contributed by atoms with van der Waals surface area (Å²) in [5.41, 5.74) is -2.12. The van der Waals surface area contributed by atoms with Crippen LogP contribution in [0.2, 0.25) is 0 Å². The van der Waals surface area contributed by atoms with E-state index in [0.29, 0.717) is 0 Å². The lowest BCUT2D eigenvalue weighted by Crippen LogP contribution is -2.53. The van der Waals surface area contributed by atoms with Crippen LogP contribution in [0, 0.1) is 11.3 Å². The quantitative estimate of drug-likeness (QED) is 0.742. The van der Waals surface area contributed by atoms with Crippen LogP contribution in [0.5, 0.6) is 0 Å². The van der Waals surface area contributed by atoms with Gasteiger partial charge in [-0.1, -0.05) is 27.7 Å². The van der Waals surface area contributed by atoms with Crippen LogP contribution in [0.1, 0.15) is 41.5 Å². The second kappa shape index (κ2) is 4.95. The normalized spacial score (nSPS) is 15.8. The molecule has 0 aromatic rings. The van der Waals surface area contributed by atoms with Gasteiger partial charge in [0.2, 0.25) is 5.91 Å². The summed E-state index contributed by atoms with van der Waals surface area (Å²) in [6.07, 6.45) is 0. The Hall–Kier alpha value is -0.900. The zero-order valence-electron chi connectivity index (χ0n) is 11.0. The molecule has 0 aromatic carbocycles. The van der Waals surface area contributed by atoms with Gasteiger partial charge in [0.05, 0.1) is 0 Å². The summed E-state index contributed by atoms with van der Waals surface area (Å²) in [5, 5.41) is 12.8. The van der Waals surface area contributed by atoms with E-state index in [2.05, 4.69) is 5.32 Å². The number of nitrogens with one attached hydrogen (secondary N) is 1. The number of hydrogen-bond donors (Lipinski definition) is 2. The van der Waals surface area contributed by atoms with Crippen molar-refractivity contribution in [1.29, 1.82) is 0 Å². The second-order valence-electron chi connectivity index (χ2n) is 5.38. The number of rotatable bonds is 5. The first kappa shape index (κ1) is 15.1. The molecule has 2 N–H and O–H groups in total. The Labute approximate surface area is 97.4 Å². The highest BCUT2D eigenvalue weighted by Crippen LogP contribution is 2.30. The summed E-state index contributed by atoms with van der Waals surface area (Å²) < 4.78 is 0. The fourth-order valence-corrected chi connectivity index (χ4v) is 1.16. The molecule has 1 unspecified atom stereocenters. The molecule has 0 rings (SSSR count). The lowest BCUT2D eigenvalue weighted by molar-refractivity contribution is -0.146. The van der Waals surface area contributed by atoms with Crippen molar-refractivity contribution in [2.24, 2.45) is 11.3 Å². The Kier molecular flexibility index (Phi) is 4.68. The lowest BCUT2D eigenvalue weighted by Gasteiger charge is -2.38. The summed E-state index contributed by atoms with van der Waals surface area (Å²) in [7, 11) is 0. The smallest absolute Gasteiger partial charge is 0.222 e. The molecule has 0 saturated carbocycles. The van der Waals surface area contributed by atoms with E-state index in [1.54, 1.807) is 27.7 Å². The number of carbonyl (C=O) groups is 2. The highest BCUT2D eigenvalue weighted by atomic mass is 16.3. The average molecular weight is 229 g/mol. The van der Waals surface area contributed by atoms with Crippen molar-refractivity contribution >= 4 is 11.7 Å². The Balaban J connectivity index is 4.58. The highest BCUT2D eigenvalue weighted by molar-refractivity contribution is 5.85. The van der Waals surface area contributed by atoms with Gasteiger partial charge in [-0.2, -0.15) is 0 Å². The van der Waals surface area contributed by atoms with Crippen LogP contribution < -0.4 is 5.32 Å². The minimum absolute atomic E-state index is 0.0765. The summed E-state index contributed by atoms with van der Waals surface area (Å²) in [6.45, 7) is 10.2. The van der Waals surface area contributed by atoms with Crippen molar-refractivity contribution in [1.82, 2.24) is 5.32 Å². The second-order valence-corrected chi connectivity index (χ2v) is 5.38. The molecule has 1 amide bonds. The Morgan fingerprint density at radius 1 is 1.25 bits per heavy atom. The molecular weight excluding hydrogens is 206 g/mol. The van der Waals surface area contributed by atoms with Crippen LogP contribution in [0.25, 0.3) is 0 Å². The molecule has 4 heteroatoms. The average Bonchev–Trinajstić information content (AvgIpc) is 2.13. The largest absolute Gasteiger partial charge is 0.382 e. The molecule has 0 spiro atoms. The summed E-state index contributed by atoms with van der Waals surface area (Å²) >= 11 is 0. The Morgan fingerprint density at radius 3 is 2.00 bits per heavy atom. The van der Waals surface area contributed by atoms with Gasteiger partial charge in [-0.3, -0.25) is 9.59 Å². The first-order valence-electron chi connectivity index (χ1n) is 5.53. The SMILES string of the molecule is CC(=O)C(C)(O)C(C)(C)CNC(=O)C(C)C. The molecule has 0 fully saturated rings. The van der Waals surface area contributed by atoms with Gasteiger partial charge in [0.25, 0.3) is 0 Å². The van der Waals surface area contributed by atoms with E-state index in [1.807, 2.05) is 0 Å². The highest BCUT2D eigenvalue weighted by Gasteiger charge is 2.43. The molecule has 0 radical (unpaired) electrons. The van der Waals surface area contributed by atoms with Crippen molar-refractivity contribution in [2.75, 3.05) is 6.54 Å². The molecule has 16 heavy (non-hydrogen) atoms. The summed E-state index contributed by atoms with van der Waals surface area (Å²) in [5.74, 6) is -0.471. The summed E-state index contributed by atoms with van der Waals surface area (Å²) in [6, 6.07) is 0. The van der Waals surface area contributed by atoms with Crippen LogP contribution in [0.4, 0.5) is 0 Å². The third-order valence-corrected chi connectivity index (χ3v) is 3.23. The van der Waals surface area contributed by atoms with Gasteiger partial charge in [-0.15, -0.1) is 0 Å². The van der Waals surface area contributed by atoms with E-state index in [9.17, 15) is 14.7 Å². The maximum absolute atomic E-state index is 11.4. The van der Waals surface area contributed by atoms with Crippen molar-refractivity contribution in [3.63, 3.8) is 0 Å². The van der Waals surface area contributed by atoms with E-state index in [4.69, 9.17) is 0 Å². The van der Waals surface area contributed by atoms with Crippen molar-refractivity contribution in [2.45, 2.75) is 47.1 Å². The van der Waals surface area contributed by atoms with Crippen LogP contribution >= 0.6 is 0 Å². The van der Waals surface area contributed by atoms with Gasteiger partial charge in [0, 0.05) is 17.9 Å². The predicted molar refractivity (Wildman–Crippen MR) is 62.9 cm³/mol. The first-order chi connectivity index (χ1) is 7.02. The standard InChI is InChI=1S/C12H23NO3/c1-8(2)10(15)13-7-11(4,5)12(6,16)9(3)14/h8,16H,7H2,1-6H3,(H,13,15). The fourth-order valence-electron chi connectivity index (χ4n) is 1.16. The first-order valence-corrected chi connectivity index (χ1v) is 5.53. The predicted octanol–water partition coefficient (Wildman–Crippen LogP) is 1.12. The van der Waals surface area contributed by atoms with E-state index in [0.717, 1.165) is 0 Å². The number of aliphatic hydroxyl groups is 1. The Bertz CT molecular complexity index is 280. The molecular formula is C12H23NO3.